The fraction of sp³-hybridized carbons (Fsp3) is 0.400. The van der Waals surface area contributed by atoms with Gasteiger partial charge in [0.05, 0.1) is 17.8 Å². The number of nitrogens with zero attached hydrogens (tertiary/aromatic N) is 2. The Morgan fingerprint density at radius 2 is 1.83 bits per heavy atom. The summed E-state index contributed by atoms with van der Waals surface area (Å²) in [6, 6.07) is 12.3. The molecular weight excluding hydrogens is 224 g/mol. The molecule has 0 bridgehead atoms. The first-order chi connectivity index (χ1) is 8.84. The Hall–Kier alpha value is -1.61. The topological polar surface area (TPSA) is 38.0 Å². The maximum atomic E-state index is 10.0. The van der Waals surface area contributed by atoms with Crippen molar-refractivity contribution in [3.63, 3.8) is 0 Å². The van der Waals surface area contributed by atoms with E-state index in [0.717, 1.165) is 30.5 Å². The molecule has 1 aromatic heterocycles. The van der Waals surface area contributed by atoms with Gasteiger partial charge in [0.15, 0.2) is 0 Å². The van der Waals surface area contributed by atoms with Gasteiger partial charge in [0.25, 0.3) is 0 Å². The molecule has 0 radical (unpaired) electrons. The number of hydrogen-bond acceptors (Lipinski definition) is 2. The van der Waals surface area contributed by atoms with Gasteiger partial charge in [-0.05, 0) is 18.9 Å². The third-order valence-corrected chi connectivity index (χ3v) is 3.71. The van der Waals surface area contributed by atoms with Gasteiger partial charge in [-0.3, -0.25) is 4.68 Å². The molecule has 1 aliphatic carbocycles. The van der Waals surface area contributed by atoms with Crippen LogP contribution in [0, 0.1) is 0 Å². The summed E-state index contributed by atoms with van der Waals surface area (Å²) in [5, 5.41) is 14.7. The standard InChI is InChI=1S/C15H18N2O/c18-15-9-5-4-8-14(15)17-11-10-13(16-17)12-6-2-1-3-7-12/h1-3,6-7,10-11,14-15,18H,4-5,8-9H2/t14-,15-/m1/s1. The lowest BCUT2D eigenvalue weighted by Crippen LogP contribution is -2.27. The summed E-state index contributed by atoms with van der Waals surface area (Å²) in [5.74, 6) is 0. The third kappa shape index (κ3) is 2.18. The van der Waals surface area contributed by atoms with Crippen LogP contribution in [0.5, 0.6) is 0 Å². The lowest BCUT2D eigenvalue weighted by atomic mass is 9.93. The predicted molar refractivity (Wildman–Crippen MR) is 71.2 cm³/mol. The number of hydrogen-bond donors (Lipinski definition) is 1. The van der Waals surface area contributed by atoms with Gasteiger partial charge in [-0.1, -0.05) is 43.2 Å². The van der Waals surface area contributed by atoms with Crippen molar-refractivity contribution in [1.82, 2.24) is 9.78 Å². The fourth-order valence-corrected chi connectivity index (χ4v) is 2.69. The molecule has 1 aromatic carbocycles. The van der Waals surface area contributed by atoms with E-state index in [9.17, 15) is 5.11 Å². The minimum absolute atomic E-state index is 0.149. The molecule has 2 atom stereocenters. The highest BCUT2D eigenvalue weighted by molar-refractivity contribution is 5.58. The van der Waals surface area contributed by atoms with Crippen LogP contribution >= 0.6 is 0 Å². The van der Waals surface area contributed by atoms with Crippen molar-refractivity contribution in [1.29, 1.82) is 0 Å². The zero-order valence-corrected chi connectivity index (χ0v) is 10.4. The van der Waals surface area contributed by atoms with E-state index in [0.29, 0.717) is 0 Å². The molecule has 0 unspecified atom stereocenters. The Kier molecular flexibility index (Phi) is 3.15. The van der Waals surface area contributed by atoms with Crippen molar-refractivity contribution in [2.24, 2.45) is 0 Å². The molecular formula is C15H18N2O. The first-order valence-electron chi connectivity index (χ1n) is 6.63. The summed E-state index contributed by atoms with van der Waals surface area (Å²) in [6.45, 7) is 0. The molecule has 18 heavy (non-hydrogen) atoms. The van der Waals surface area contributed by atoms with Gasteiger partial charge in [-0.15, -0.1) is 0 Å². The number of benzene rings is 1. The Bertz CT molecular complexity index is 506. The minimum Gasteiger partial charge on any atom is -0.391 e. The number of rotatable bonds is 2. The van der Waals surface area contributed by atoms with Crippen LogP contribution < -0.4 is 0 Å². The first kappa shape index (κ1) is 11.5. The van der Waals surface area contributed by atoms with Gasteiger partial charge in [-0.25, -0.2) is 0 Å². The van der Waals surface area contributed by atoms with Crippen LogP contribution in [0.2, 0.25) is 0 Å². The summed E-state index contributed by atoms with van der Waals surface area (Å²) < 4.78 is 1.94. The van der Waals surface area contributed by atoms with Crippen LogP contribution in [0.25, 0.3) is 11.3 Å². The molecule has 0 spiro atoms. The highest BCUT2D eigenvalue weighted by Crippen LogP contribution is 2.29. The van der Waals surface area contributed by atoms with Crippen molar-refractivity contribution in [2.45, 2.75) is 37.8 Å². The van der Waals surface area contributed by atoms with Crippen LogP contribution in [0.3, 0.4) is 0 Å². The lowest BCUT2D eigenvalue weighted by Gasteiger charge is -2.27. The van der Waals surface area contributed by atoms with E-state index >= 15 is 0 Å². The van der Waals surface area contributed by atoms with Crippen LogP contribution in [-0.2, 0) is 0 Å². The summed E-state index contributed by atoms with van der Waals surface area (Å²) in [6.07, 6.45) is 5.97. The Morgan fingerprint density at radius 3 is 2.61 bits per heavy atom. The summed E-state index contributed by atoms with van der Waals surface area (Å²) in [5.41, 5.74) is 2.11. The van der Waals surface area contributed by atoms with Gasteiger partial charge < -0.3 is 5.11 Å². The van der Waals surface area contributed by atoms with Gasteiger partial charge >= 0.3 is 0 Å². The second kappa shape index (κ2) is 4.94. The van der Waals surface area contributed by atoms with Crippen molar-refractivity contribution < 1.29 is 5.11 Å². The number of aliphatic hydroxyl groups excluding tert-OH is 1. The maximum Gasteiger partial charge on any atom is 0.0923 e. The van der Waals surface area contributed by atoms with E-state index in [2.05, 4.69) is 17.2 Å². The number of aliphatic hydroxyl groups is 1. The smallest absolute Gasteiger partial charge is 0.0923 e. The summed E-state index contributed by atoms with van der Waals surface area (Å²) in [7, 11) is 0. The highest BCUT2D eigenvalue weighted by Gasteiger charge is 2.25. The van der Waals surface area contributed by atoms with Gasteiger partial charge in [-0.2, -0.15) is 5.10 Å². The van der Waals surface area contributed by atoms with Gasteiger partial charge in [0.2, 0.25) is 0 Å². The van der Waals surface area contributed by atoms with E-state index in [1.54, 1.807) is 0 Å². The molecule has 1 aliphatic rings. The minimum atomic E-state index is -0.248. The predicted octanol–water partition coefficient (Wildman–Crippen LogP) is 3.03. The second-order valence-electron chi connectivity index (χ2n) is 4.97. The average Bonchev–Trinajstić information content (AvgIpc) is 2.90. The summed E-state index contributed by atoms with van der Waals surface area (Å²) >= 11 is 0. The molecule has 1 fully saturated rings. The molecule has 2 aromatic rings. The Morgan fingerprint density at radius 1 is 1.06 bits per heavy atom. The molecule has 1 N–H and O–H groups in total. The Labute approximate surface area is 107 Å². The van der Waals surface area contributed by atoms with Crippen LogP contribution in [0.15, 0.2) is 42.6 Å². The number of aromatic nitrogens is 2. The normalized spacial score (nSPS) is 24.1. The quantitative estimate of drug-likeness (QED) is 0.879. The second-order valence-corrected chi connectivity index (χ2v) is 4.97. The van der Waals surface area contributed by atoms with E-state index in [4.69, 9.17) is 0 Å². The van der Waals surface area contributed by atoms with Crippen LogP contribution in [-0.4, -0.2) is 21.0 Å². The van der Waals surface area contributed by atoms with Crippen molar-refractivity contribution >= 4 is 0 Å². The molecule has 0 amide bonds. The highest BCUT2D eigenvalue weighted by atomic mass is 16.3. The monoisotopic (exact) mass is 242 g/mol. The fourth-order valence-electron chi connectivity index (χ4n) is 2.69. The van der Waals surface area contributed by atoms with Crippen molar-refractivity contribution in [3.8, 4) is 11.3 Å². The Balaban J connectivity index is 1.85. The van der Waals surface area contributed by atoms with Crippen molar-refractivity contribution in [2.75, 3.05) is 0 Å². The van der Waals surface area contributed by atoms with Gasteiger partial charge in [0.1, 0.15) is 0 Å². The van der Waals surface area contributed by atoms with Crippen LogP contribution in [0.4, 0.5) is 0 Å². The molecule has 3 rings (SSSR count). The molecule has 3 nitrogen and oxygen atoms in total. The first-order valence-corrected chi connectivity index (χ1v) is 6.63. The van der Waals surface area contributed by atoms with Gasteiger partial charge in [0, 0.05) is 11.8 Å². The molecule has 1 heterocycles. The third-order valence-electron chi connectivity index (χ3n) is 3.71. The molecule has 0 saturated heterocycles. The van der Waals surface area contributed by atoms with E-state index in [1.807, 2.05) is 35.1 Å². The lowest BCUT2D eigenvalue weighted by molar-refractivity contribution is 0.0696. The van der Waals surface area contributed by atoms with Crippen molar-refractivity contribution in [3.05, 3.63) is 42.6 Å². The maximum absolute atomic E-state index is 10.0. The van der Waals surface area contributed by atoms with E-state index in [1.165, 1.54) is 6.42 Å². The summed E-state index contributed by atoms with van der Waals surface area (Å²) in [4.78, 5) is 0. The average molecular weight is 242 g/mol. The molecule has 0 aliphatic heterocycles. The van der Waals surface area contributed by atoms with E-state index in [-0.39, 0.29) is 12.1 Å². The molecule has 94 valence electrons. The molecule has 3 heteroatoms. The zero-order chi connectivity index (χ0) is 12.4. The zero-order valence-electron chi connectivity index (χ0n) is 10.4. The van der Waals surface area contributed by atoms with E-state index < -0.39 is 0 Å². The SMILES string of the molecule is O[C@@H]1CCCC[C@H]1n1ccc(-c2ccccc2)n1. The largest absolute Gasteiger partial charge is 0.391 e. The molecule has 1 saturated carbocycles. The van der Waals surface area contributed by atoms with Crippen LogP contribution in [0.1, 0.15) is 31.7 Å².